The Morgan fingerprint density at radius 1 is 0.973 bits per heavy atom. The van der Waals surface area contributed by atoms with E-state index in [1.165, 1.54) is 0 Å². The Balaban J connectivity index is 1.56. The maximum atomic E-state index is 13.8. The lowest BCUT2D eigenvalue weighted by atomic mass is 10.0. The van der Waals surface area contributed by atoms with Gasteiger partial charge in [-0.1, -0.05) is 79.0 Å². The van der Waals surface area contributed by atoms with E-state index in [0.717, 1.165) is 47.3 Å². The smallest absolute Gasteiger partial charge is 0.243 e. The number of nitrogens with zero attached hydrogens (tertiary/aromatic N) is 1. The lowest BCUT2D eigenvalue weighted by Gasteiger charge is -2.33. The van der Waals surface area contributed by atoms with Crippen LogP contribution >= 0.6 is 23.4 Å². The molecule has 1 fully saturated rings. The fourth-order valence-electron chi connectivity index (χ4n) is 4.82. The minimum Gasteiger partial charge on any atom is -0.352 e. The Bertz CT molecular complexity index is 1160. The quantitative estimate of drug-likeness (QED) is 0.274. The predicted molar refractivity (Wildman–Crippen MR) is 153 cm³/mol. The van der Waals surface area contributed by atoms with Crippen LogP contribution in [0.1, 0.15) is 48.8 Å². The van der Waals surface area contributed by atoms with Crippen LogP contribution in [0.25, 0.3) is 0 Å². The van der Waals surface area contributed by atoms with Gasteiger partial charge in [-0.05, 0) is 60.7 Å². The third kappa shape index (κ3) is 8.11. The second kappa shape index (κ2) is 13.7. The number of rotatable bonds is 11. The molecule has 194 valence electrons. The van der Waals surface area contributed by atoms with Crippen molar-refractivity contribution in [2.45, 2.75) is 69.0 Å². The van der Waals surface area contributed by atoms with Crippen molar-refractivity contribution < 1.29 is 9.59 Å². The molecule has 0 unspecified atom stereocenters. The molecule has 1 aliphatic carbocycles. The highest BCUT2D eigenvalue weighted by Gasteiger charge is 2.32. The molecule has 0 heterocycles. The number of aryl methyl sites for hydroxylation is 1. The minimum absolute atomic E-state index is 0.00720. The van der Waals surface area contributed by atoms with Gasteiger partial charge in [-0.15, -0.1) is 11.8 Å². The molecule has 3 aromatic carbocycles. The summed E-state index contributed by atoms with van der Waals surface area (Å²) in [6.45, 7) is 2.46. The number of halogens is 1. The zero-order valence-corrected chi connectivity index (χ0v) is 22.9. The highest BCUT2D eigenvalue weighted by atomic mass is 35.5. The Kier molecular flexibility index (Phi) is 10.1. The van der Waals surface area contributed by atoms with E-state index >= 15 is 0 Å². The summed E-state index contributed by atoms with van der Waals surface area (Å²) in [4.78, 5) is 30.4. The van der Waals surface area contributed by atoms with E-state index < -0.39 is 6.04 Å². The molecule has 0 aromatic heterocycles. The maximum absolute atomic E-state index is 13.8. The van der Waals surface area contributed by atoms with Crippen LogP contribution in [-0.2, 0) is 22.6 Å². The van der Waals surface area contributed by atoms with Gasteiger partial charge in [0.2, 0.25) is 11.8 Å². The molecule has 0 aliphatic heterocycles. The number of hydrogen-bond acceptors (Lipinski definition) is 3. The van der Waals surface area contributed by atoms with Crippen LogP contribution in [-0.4, -0.2) is 34.6 Å². The Hall–Kier alpha value is -2.76. The molecule has 37 heavy (non-hydrogen) atoms. The van der Waals surface area contributed by atoms with E-state index in [-0.39, 0.29) is 17.9 Å². The summed E-state index contributed by atoms with van der Waals surface area (Å²) >= 11 is 7.64. The molecule has 0 bridgehead atoms. The van der Waals surface area contributed by atoms with Crippen molar-refractivity contribution in [1.82, 2.24) is 10.2 Å². The average Bonchev–Trinajstić information content (AvgIpc) is 3.42. The predicted octanol–water partition coefficient (Wildman–Crippen LogP) is 6.83. The first-order valence-corrected chi connectivity index (χ1v) is 14.4. The first-order valence-electron chi connectivity index (χ1n) is 13.1. The van der Waals surface area contributed by atoms with Gasteiger partial charge < -0.3 is 10.2 Å². The van der Waals surface area contributed by atoms with Gasteiger partial charge in [-0.2, -0.15) is 0 Å². The standard InChI is InChI=1S/C31H35ClN2O2S/c1-23-9-5-6-12-25(23)22-34(30(35)19-20-37-28-17-15-26(32)16-18-28)29(21-24-10-3-2-4-11-24)31(36)33-27-13-7-8-14-27/h2-6,9-12,15-18,27,29H,7-8,13-14,19-22H2,1H3,(H,33,36)/t29-/m1/s1. The normalized spacial score (nSPS) is 14.3. The summed E-state index contributed by atoms with van der Waals surface area (Å²) in [6.07, 6.45) is 5.13. The topological polar surface area (TPSA) is 49.4 Å². The highest BCUT2D eigenvalue weighted by molar-refractivity contribution is 7.99. The molecule has 2 amide bonds. The maximum Gasteiger partial charge on any atom is 0.243 e. The van der Waals surface area contributed by atoms with Crippen LogP contribution in [0, 0.1) is 6.92 Å². The van der Waals surface area contributed by atoms with Crippen LogP contribution in [0.5, 0.6) is 0 Å². The monoisotopic (exact) mass is 534 g/mol. The molecule has 4 nitrogen and oxygen atoms in total. The molecule has 3 aromatic rings. The van der Waals surface area contributed by atoms with Gasteiger partial charge >= 0.3 is 0 Å². The molecular weight excluding hydrogens is 500 g/mol. The van der Waals surface area contributed by atoms with Gasteiger partial charge in [-0.25, -0.2) is 0 Å². The van der Waals surface area contributed by atoms with E-state index in [0.29, 0.717) is 30.2 Å². The number of hydrogen-bond donors (Lipinski definition) is 1. The molecule has 0 radical (unpaired) electrons. The van der Waals surface area contributed by atoms with Crippen molar-refractivity contribution >= 4 is 35.2 Å². The number of carbonyl (C=O) groups excluding carboxylic acids is 2. The first-order chi connectivity index (χ1) is 18.0. The largest absolute Gasteiger partial charge is 0.352 e. The van der Waals surface area contributed by atoms with Gasteiger partial charge in [0.1, 0.15) is 6.04 Å². The van der Waals surface area contributed by atoms with E-state index in [9.17, 15) is 9.59 Å². The van der Waals surface area contributed by atoms with E-state index in [4.69, 9.17) is 11.6 Å². The summed E-state index contributed by atoms with van der Waals surface area (Å²) in [6, 6.07) is 25.4. The third-order valence-corrected chi connectivity index (χ3v) is 8.24. The lowest BCUT2D eigenvalue weighted by Crippen LogP contribution is -2.52. The molecule has 1 saturated carbocycles. The Morgan fingerprint density at radius 2 is 1.65 bits per heavy atom. The van der Waals surface area contributed by atoms with Crippen LogP contribution in [0.2, 0.25) is 5.02 Å². The summed E-state index contributed by atoms with van der Waals surface area (Å²) in [7, 11) is 0. The van der Waals surface area contributed by atoms with E-state index in [1.54, 1.807) is 11.8 Å². The molecule has 0 saturated heterocycles. The number of carbonyl (C=O) groups is 2. The van der Waals surface area contributed by atoms with Crippen molar-refractivity contribution in [2.24, 2.45) is 0 Å². The minimum atomic E-state index is -0.573. The van der Waals surface area contributed by atoms with Crippen molar-refractivity contribution in [3.8, 4) is 0 Å². The number of benzene rings is 3. The first kappa shape index (κ1) is 27.3. The summed E-state index contributed by atoms with van der Waals surface area (Å²) in [5, 5.41) is 3.97. The van der Waals surface area contributed by atoms with Crippen LogP contribution in [0.3, 0.4) is 0 Å². The molecule has 1 aliphatic rings. The summed E-state index contributed by atoms with van der Waals surface area (Å²) in [5.74, 6) is 0.572. The molecule has 0 spiro atoms. The van der Waals surface area contributed by atoms with Crippen LogP contribution in [0.15, 0.2) is 83.8 Å². The zero-order valence-electron chi connectivity index (χ0n) is 21.4. The molecular formula is C31H35ClN2O2S. The summed E-state index contributed by atoms with van der Waals surface area (Å²) in [5.41, 5.74) is 3.23. The van der Waals surface area contributed by atoms with Crippen LogP contribution in [0.4, 0.5) is 0 Å². The molecule has 1 atom stereocenters. The molecule has 4 rings (SSSR count). The van der Waals surface area contributed by atoms with Crippen LogP contribution < -0.4 is 5.32 Å². The number of nitrogens with one attached hydrogen (secondary N) is 1. The third-order valence-electron chi connectivity index (χ3n) is 6.97. The van der Waals surface area contributed by atoms with E-state index in [2.05, 4.69) is 18.3 Å². The second-order valence-electron chi connectivity index (χ2n) is 9.70. The average molecular weight is 535 g/mol. The van der Waals surface area contributed by atoms with Crippen molar-refractivity contribution in [3.63, 3.8) is 0 Å². The fourth-order valence-corrected chi connectivity index (χ4v) is 5.79. The number of amides is 2. The number of thioether (sulfide) groups is 1. The van der Waals surface area contributed by atoms with Crippen molar-refractivity contribution in [1.29, 1.82) is 0 Å². The van der Waals surface area contributed by atoms with Gasteiger partial charge in [-0.3, -0.25) is 9.59 Å². The fraction of sp³-hybridized carbons (Fsp3) is 0.355. The summed E-state index contributed by atoms with van der Waals surface area (Å²) < 4.78 is 0. The molecule has 1 N–H and O–H groups in total. The van der Waals surface area contributed by atoms with Gasteiger partial charge in [0.05, 0.1) is 0 Å². The lowest BCUT2D eigenvalue weighted by molar-refractivity contribution is -0.141. The van der Waals surface area contributed by atoms with E-state index in [1.807, 2.05) is 77.7 Å². The van der Waals surface area contributed by atoms with Crippen molar-refractivity contribution in [2.75, 3.05) is 5.75 Å². The Morgan fingerprint density at radius 3 is 2.35 bits per heavy atom. The van der Waals surface area contributed by atoms with Gasteiger partial charge in [0, 0.05) is 41.1 Å². The highest BCUT2D eigenvalue weighted by Crippen LogP contribution is 2.24. The SMILES string of the molecule is Cc1ccccc1CN(C(=O)CCSc1ccc(Cl)cc1)[C@H](Cc1ccccc1)C(=O)NC1CCCC1. The second-order valence-corrected chi connectivity index (χ2v) is 11.3. The van der Waals surface area contributed by atoms with Crippen molar-refractivity contribution in [3.05, 3.63) is 101 Å². The molecule has 6 heteroatoms. The zero-order chi connectivity index (χ0) is 26.0. The Labute approximate surface area is 229 Å². The van der Waals surface area contributed by atoms with Gasteiger partial charge in [0.25, 0.3) is 0 Å². The van der Waals surface area contributed by atoms with Gasteiger partial charge in [0.15, 0.2) is 0 Å².